The predicted octanol–water partition coefficient (Wildman–Crippen LogP) is 4.92. The van der Waals surface area contributed by atoms with Crippen LogP contribution in [0.1, 0.15) is 13.8 Å². The number of urea groups is 1. The molecule has 2 aromatic carbocycles. The standard InChI is InChI=1S/C21H22ClN3O3/c1-4-11-25-17-10-9-14(12-18(17)28-13-21(2,3)19(25)26)23-20(27)24-16-8-6-5-7-15(16)22/h4-10,12H,1,11,13H2,2-3H3,(H2,23,24,27). The lowest BCUT2D eigenvalue weighted by atomic mass is 9.93. The zero-order chi connectivity index (χ0) is 20.3. The van der Waals surface area contributed by atoms with E-state index >= 15 is 0 Å². The summed E-state index contributed by atoms with van der Waals surface area (Å²) in [7, 11) is 0. The van der Waals surface area contributed by atoms with Gasteiger partial charge < -0.3 is 20.3 Å². The van der Waals surface area contributed by atoms with E-state index in [0.717, 1.165) is 0 Å². The fraction of sp³-hybridized carbons (Fsp3) is 0.238. The van der Waals surface area contributed by atoms with Crippen LogP contribution in [0, 0.1) is 5.41 Å². The van der Waals surface area contributed by atoms with E-state index in [9.17, 15) is 9.59 Å². The van der Waals surface area contributed by atoms with Crippen molar-refractivity contribution in [1.82, 2.24) is 0 Å². The number of rotatable bonds is 4. The van der Waals surface area contributed by atoms with E-state index < -0.39 is 11.4 Å². The van der Waals surface area contributed by atoms with E-state index in [2.05, 4.69) is 17.2 Å². The normalized spacial score (nSPS) is 15.1. The number of nitrogens with zero attached hydrogens (tertiary/aromatic N) is 1. The molecule has 0 spiro atoms. The molecule has 0 radical (unpaired) electrons. The summed E-state index contributed by atoms with van der Waals surface area (Å²) in [6.45, 7) is 8.03. The Morgan fingerprint density at radius 1 is 1.29 bits per heavy atom. The molecule has 0 atom stereocenters. The highest BCUT2D eigenvalue weighted by atomic mass is 35.5. The Morgan fingerprint density at radius 3 is 2.75 bits per heavy atom. The van der Waals surface area contributed by atoms with E-state index in [-0.39, 0.29) is 12.5 Å². The van der Waals surface area contributed by atoms with E-state index in [1.807, 2.05) is 13.8 Å². The van der Waals surface area contributed by atoms with Gasteiger partial charge in [-0.25, -0.2) is 4.79 Å². The molecule has 0 aliphatic carbocycles. The molecular weight excluding hydrogens is 378 g/mol. The van der Waals surface area contributed by atoms with Crippen LogP contribution in [-0.4, -0.2) is 25.1 Å². The molecule has 0 bridgehead atoms. The molecule has 28 heavy (non-hydrogen) atoms. The molecular formula is C21H22ClN3O3. The first-order chi connectivity index (χ1) is 13.3. The molecule has 2 aromatic rings. The zero-order valence-electron chi connectivity index (χ0n) is 15.8. The van der Waals surface area contributed by atoms with Crippen molar-refractivity contribution in [3.05, 3.63) is 60.1 Å². The van der Waals surface area contributed by atoms with E-state index in [4.69, 9.17) is 16.3 Å². The highest BCUT2D eigenvalue weighted by molar-refractivity contribution is 6.33. The maximum absolute atomic E-state index is 12.8. The molecule has 0 saturated heterocycles. The summed E-state index contributed by atoms with van der Waals surface area (Å²) >= 11 is 6.06. The number of nitrogens with one attached hydrogen (secondary N) is 2. The molecule has 6 nitrogen and oxygen atoms in total. The van der Waals surface area contributed by atoms with Crippen LogP contribution in [0.4, 0.5) is 21.9 Å². The van der Waals surface area contributed by atoms with E-state index in [0.29, 0.717) is 34.4 Å². The largest absolute Gasteiger partial charge is 0.490 e. The van der Waals surface area contributed by atoms with Crippen molar-refractivity contribution in [1.29, 1.82) is 0 Å². The lowest BCUT2D eigenvalue weighted by Crippen LogP contribution is -2.42. The number of amides is 3. The quantitative estimate of drug-likeness (QED) is 0.716. The number of halogens is 1. The second-order valence-electron chi connectivity index (χ2n) is 7.12. The number of carbonyl (C=O) groups is 2. The van der Waals surface area contributed by atoms with Gasteiger partial charge in [-0.3, -0.25) is 4.79 Å². The van der Waals surface area contributed by atoms with Crippen molar-refractivity contribution in [3.8, 4) is 5.75 Å². The number of hydrogen-bond acceptors (Lipinski definition) is 3. The summed E-state index contributed by atoms with van der Waals surface area (Å²) in [6.07, 6.45) is 1.67. The predicted molar refractivity (Wildman–Crippen MR) is 112 cm³/mol. The van der Waals surface area contributed by atoms with Gasteiger partial charge in [0.1, 0.15) is 12.4 Å². The first-order valence-electron chi connectivity index (χ1n) is 8.84. The van der Waals surface area contributed by atoms with E-state index in [1.54, 1.807) is 53.4 Å². The van der Waals surface area contributed by atoms with Crippen molar-refractivity contribution < 1.29 is 14.3 Å². The minimum Gasteiger partial charge on any atom is -0.490 e. The summed E-state index contributed by atoms with van der Waals surface area (Å²) in [5.41, 5.74) is 1.02. The van der Waals surface area contributed by atoms with Crippen LogP contribution in [0.2, 0.25) is 5.02 Å². The molecule has 146 valence electrons. The molecule has 0 aromatic heterocycles. The van der Waals surface area contributed by atoms with Crippen molar-refractivity contribution >= 4 is 40.6 Å². The number of carbonyl (C=O) groups excluding carboxylic acids is 2. The Morgan fingerprint density at radius 2 is 2.04 bits per heavy atom. The summed E-state index contributed by atoms with van der Waals surface area (Å²) in [6, 6.07) is 11.7. The van der Waals surface area contributed by atoms with Crippen LogP contribution in [0.15, 0.2) is 55.1 Å². The molecule has 2 N–H and O–H groups in total. The minimum absolute atomic E-state index is 0.0386. The maximum Gasteiger partial charge on any atom is 0.323 e. The van der Waals surface area contributed by atoms with Gasteiger partial charge in [0.15, 0.2) is 0 Å². The molecule has 3 amide bonds. The van der Waals surface area contributed by atoms with Gasteiger partial charge in [-0.15, -0.1) is 6.58 Å². The summed E-state index contributed by atoms with van der Waals surface area (Å²) in [5, 5.41) is 5.90. The Kier molecular flexibility index (Phi) is 5.61. The topological polar surface area (TPSA) is 70.7 Å². The third-order valence-corrected chi connectivity index (χ3v) is 4.68. The monoisotopic (exact) mass is 399 g/mol. The second kappa shape index (κ2) is 7.94. The lowest BCUT2D eigenvalue weighted by Gasteiger charge is -2.27. The minimum atomic E-state index is -0.670. The van der Waals surface area contributed by atoms with Crippen molar-refractivity contribution in [2.75, 3.05) is 28.7 Å². The molecule has 0 fully saturated rings. The summed E-state index contributed by atoms with van der Waals surface area (Å²) < 4.78 is 5.88. The van der Waals surface area contributed by atoms with Gasteiger partial charge in [-0.2, -0.15) is 0 Å². The molecule has 0 saturated carbocycles. The SMILES string of the molecule is C=CCN1C(=O)C(C)(C)COc2cc(NC(=O)Nc3ccccc3Cl)ccc21. The third-order valence-electron chi connectivity index (χ3n) is 4.35. The average molecular weight is 400 g/mol. The molecule has 7 heteroatoms. The van der Waals surface area contributed by atoms with Gasteiger partial charge in [0.25, 0.3) is 0 Å². The van der Waals surface area contributed by atoms with Crippen LogP contribution >= 0.6 is 11.6 Å². The summed E-state index contributed by atoms with van der Waals surface area (Å²) in [5.74, 6) is 0.486. The lowest BCUT2D eigenvalue weighted by molar-refractivity contribution is -0.127. The maximum atomic E-state index is 12.8. The van der Waals surface area contributed by atoms with Crippen LogP contribution in [0.5, 0.6) is 5.75 Å². The van der Waals surface area contributed by atoms with Crippen molar-refractivity contribution in [2.45, 2.75) is 13.8 Å². The van der Waals surface area contributed by atoms with Crippen molar-refractivity contribution in [3.63, 3.8) is 0 Å². The van der Waals surface area contributed by atoms with Crippen LogP contribution in [0.3, 0.4) is 0 Å². The van der Waals surface area contributed by atoms with Gasteiger partial charge in [-0.1, -0.05) is 29.8 Å². The van der Waals surface area contributed by atoms with E-state index in [1.165, 1.54) is 0 Å². The van der Waals surface area contributed by atoms with Gasteiger partial charge in [0.05, 0.1) is 21.8 Å². The van der Waals surface area contributed by atoms with Crippen LogP contribution in [-0.2, 0) is 4.79 Å². The molecule has 1 aliphatic heterocycles. The van der Waals surface area contributed by atoms with Crippen molar-refractivity contribution in [2.24, 2.45) is 5.41 Å². The van der Waals surface area contributed by atoms with Gasteiger partial charge in [-0.05, 0) is 38.1 Å². The summed E-state index contributed by atoms with van der Waals surface area (Å²) in [4.78, 5) is 26.8. The average Bonchev–Trinajstić information content (AvgIpc) is 2.74. The number of ether oxygens (including phenoxy) is 1. The number of hydrogen-bond donors (Lipinski definition) is 2. The molecule has 3 rings (SSSR count). The van der Waals surface area contributed by atoms with Crippen LogP contribution < -0.4 is 20.3 Å². The first-order valence-corrected chi connectivity index (χ1v) is 9.22. The Labute approximate surface area is 169 Å². The third kappa shape index (κ3) is 4.12. The Hall–Kier alpha value is -2.99. The number of anilines is 3. The zero-order valence-corrected chi connectivity index (χ0v) is 16.5. The van der Waals surface area contributed by atoms with Gasteiger partial charge in [0.2, 0.25) is 5.91 Å². The highest BCUT2D eigenvalue weighted by Crippen LogP contribution is 2.38. The van der Waals surface area contributed by atoms with Crippen LogP contribution in [0.25, 0.3) is 0 Å². The first kappa shape index (κ1) is 19.8. The molecule has 0 unspecified atom stereocenters. The number of benzene rings is 2. The second-order valence-corrected chi connectivity index (χ2v) is 7.53. The smallest absolute Gasteiger partial charge is 0.323 e. The number of para-hydroxylation sites is 1. The highest BCUT2D eigenvalue weighted by Gasteiger charge is 2.37. The molecule has 1 heterocycles. The fourth-order valence-corrected chi connectivity index (χ4v) is 3.07. The Bertz CT molecular complexity index is 927. The Balaban J connectivity index is 1.82. The fourth-order valence-electron chi connectivity index (χ4n) is 2.88. The molecule has 1 aliphatic rings. The van der Waals surface area contributed by atoms with Gasteiger partial charge in [0, 0.05) is 18.3 Å². The number of fused-ring (bicyclic) bond motifs is 1. The van der Waals surface area contributed by atoms with Gasteiger partial charge >= 0.3 is 6.03 Å².